The maximum atomic E-state index is 13.4. The van der Waals surface area contributed by atoms with Gasteiger partial charge in [-0.2, -0.15) is 5.26 Å². The van der Waals surface area contributed by atoms with E-state index in [9.17, 15) is 19.6 Å². The second kappa shape index (κ2) is 24.2. The number of benzene rings is 4. The number of unbranched alkanes of at least 4 members (excludes halogenated alkanes) is 1. The number of rotatable bonds is 21. The average Bonchev–Trinajstić information content (AvgIpc) is 3.74. The minimum atomic E-state index is -0.627. The van der Waals surface area contributed by atoms with Crippen molar-refractivity contribution in [3.63, 3.8) is 0 Å². The van der Waals surface area contributed by atoms with Gasteiger partial charge < -0.3 is 33.2 Å². The Hall–Kier alpha value is -6.66. The van der Waals surface area contributed by atoms with Crippen molar-refractivity contribution in [2.24, 2.45) is 0 Å². The van der Waals surface area contributed by atoms with Gasteiger partial charge in [0.15, 0.2) is 11.5 Å². The van der Waals surface area contributed by atoms with Crippen LogP contribution in [-0.2, 0) is 23.8 Å². The van der Waals surface area contributed by atoms with Gasteiger partial charge in [0.05, 0.1) is 42.6 Å². The molecule has 13 nitrogen and oxygen atoms in total. The predicted octanol–water partition coefficient (Wildman–Crippen LogP) is 8.35. The van der Waals surface area contributed by atoms with E-state index in [1.54, 1.807) is 86.0 Å². The molecule has 0 fully saturated rings. The molecule has 14 heteroatoms. The average molecular weight is 821 g/mol. The summed E-state index contributed by atoms with van der Waals surface area (Å²) in [6.07, 6.45) is 4.88. The molecule has 0 radical (unpaired) electrons. The lowest BCUT2D eigenvalue weighted by atomic mass is 10.1. The summed E-state index contributed by atoms with van der Waals surface area (Å²) < 4.78 is 39.7. The number of carbonyl (C=O) groups excluding carboxylic acids is 4. The van der Waals surface area contributed by atoms with Gasteiger partial charge in [0.1, 0.15) is 45.7 Å². The van der Waals surface area contributed by atoms with Gasteiger partial charge in [-0.15, -0.1) is 11.3 Å². The molecule has 0 N–H and O–H groups in total. The fraction of sp³-hybridized carbons (Fsp3) is 0.244. The van der Waals surface area contributed by atoms with E-state index in [1.807, 2.05) is 6.92 Å². The standard InChI is InChI=1S/C42H40N2O10S.C3H4O/c1-4-22-50-32-16-12-31(13-17-32)42(47)54-36-21-20-35(38-39(36)55-40(44-38)29-10-8-28(25-43)9-11-29)53-41(46)30-14-18-33(19-15-30)52-27-34(48-3)26-49-23-6-7-24-51-37(45)5-2;1-2-3-4/h5,8-21,34H,2,4,6-7,22-24,26-27H2,1,3H3;2-3H,1H2. The van der Waals surface area contributed by atoms with Crippen LogP contribution >= 0.6 is 11.3 Å². The van der Waals surface area contributed by atoms with E-state index in [1.165, 1.54) is 23.5 Å². The Morgan fingerprint density at radius 2 is 1.39 bits per heavy atom. The molecule has 5 rings (SSSR count). The van der Waals surface area contributed by atoms with Crippen LogP contribution in [0.15, 0.2) is 110 Å². The number of nitriles is 1. The van der Waals surface area contributed by atoms with Gasteiger partial charge in [-0.05, 0) is 98.1 Å². The molecule has 4 aromatic carbocycles. The van der Waals surface area contributed by atoms with Crippen molar-refractivity contribution in [2.45, 2.75) is 32.3 Å². The van der Waals surface area contributed by atoms with E-state index in [0.717, 1.165) is 18.1 Å². The molecule has 0 aliphatic rings. The third-order valence-corrected chi connectivity index (χ3v) is 9.17. The number of nitrogens with zero attached hydrogens (tertiary/aromatic N) is 2. The zero-order chi connectivity index (χ0) is 42.4. The van der Waals surface area contributed by atoms with Crippen molar-refractivity contribution in [2.75, 3.05) is 40.1 Å². The topological polar surface area (TPSA) is 170 Å². The van der Waals surface area contributed by atoms with Crippen LogP contribution in [-0.4, -0.2) is 75.4 Å². The molecule has 0 saturated carbocycles. The van der Waals surface area contributed by atoms with Crippen LogP contribution in [0.1, 0.15) is 52.5 Å². The zero-order valence-corrected chi connectivity index (χ0v) is 33.6. The first-order valence-corrected chi connectivity index (χ1v) is 19.3. The lowest BCUT2D eigenvalue weighted by Gasteiger charge is -2.16. The number of hydrogen-bond acceptors (Lipinski definition) is 14. The Labute approximate surface area is 346 Å². The molecule has 0 bridgehead atoms. The van der Waals surface area contributed by atoms with Crippen molar-refractivity contribution < 1.29 is 52.3 Å². The molecule has 1 heterocycles. The molecule has 1 unspecified atom stereocenters. The summed E-state index contributed by atoms with van der Waals surface area (Å²) in [5.41, 5.74) is 2.17. The Morgan fingerprint density at radius 1 is 0.797 bits per heavy atom. The van der Waals surface area contributed by atoms with E-state index >= 15 is 0 Å². The lowest BCUT2D eigenvalue weighted by Crippen LogP contribution is -2.26. The molecule has 0 amide bonds. The van der Waals surface area contributed by atoms with Crippen LogP contribution in [0.2, 0.25) is 0 Å². The largest absolute Gasteiger partial charge is 0.494 e. The number of hydrogen-bond donors (Lipinski definition) is 0. The van der Waals surface area contributed by atoms with Crippen molar-refractivity contribution in [3.05, 3.63) is 127 Å². The lowest BCUT2D eigenvalue weighted by molar-refractivity contribution is -0.137. The van der Waals surface area contributed by atoms with Gasteiger partial charge in [0.2, 0.25) is 0 Å². The molecule has 0 aliphatic heterocycles. The first-order valence-electron chi connectivity index (χ1n) is 18.5. The number of esters is 3. The molecule has 5 aromatic rings. The zero-order valence-electron chi connectivity index (χ0n) is 32.8. The quantitative estimate of drug-likeness (QED) is 0.0228. The van der Waals surface area contributed by atoms with Crippen molar-refractivity contribution in [3.8, 4) is 39.6 Å². The molecule has 306 valence electrons. The van der Waals surface area contributed by atoms with Gasteiger partial charge >= 0.3 is 17.9 Å². The Morgan fingerprint density at radius 3 is 1.97 bits per heavy atom. The number of methoxy groups -OCH3 is 1. The summed E-state index contributed by atoms with van der Waals surface area (Å²) in [5.74, 6) is -0.0538. The second-order valence-corrected chi connectivity index (χ2v) is 13.3. The molecule has 0 spiro atoms. The van der Waals surface area contributed by atoms with E-state index < -0.39 is 17.9 Å². The maximum Gasteiger partial charge on any atom is 0.343 e. The fourth-order valence-electron chi connectivity index (χ4n) is 4.97. The highest BCUT2D eigenvalue weighted by atomic mass is 32.1. The summed E-state index contributed by atoms with van der Waals surface area (Å²) in [6.45, 7) is 10.4. The number of allylic oxidation sites excluding steroid dienone is 1. The van der Waals surface area contributed by atoms with Gasteiger partial charge in [-0.25, -0.2) is 19.4 Å². The Balaban J connectivity index is 0.00000184. The van der Waals surface area contributed by atoms with Crippen molar-refractivity contribution in [1.82, 2.24) is 4.98 Å². The number of aldehydes is 1. The summed E-state index contributed by atoms with van der Waals surface area (Å²) in [7, 11) is 1.57. The minimum absolute atomic E-state index is 0.175. The van der Waals surface area contributed by atoms with Gasteiger partial charge in [0, 0.05) is 25.4 Å². The Bertz CT molecular complexity index is 2200. The van der Waals surface area contributed by atoms with Gasteiger partial charge in [-0.1, -0.05) is 32.2 Å². The molecule has 1 aromatic heterocycles. The molecular weight excluding hydrogens is 777 g/mol. The monoisotopic (exact) mass is 820 g/mol. The van der Waals surface area contributed by atoms with Crippen LogP contribution in [0.4, 0.5) is 0 Å². The molecule has 0 aliphatic carbocycles. The van der Waals surface area contributed by atoms with Crippen LogP contribution in [0, 0.1) is 11.3 Å². The molecule has 59 heavy (non-hydrogen) atoms. The highest BCUT2D eigenvalue weighted by Crippen LogP contribution is 2.41. The normalized spacial score (nSPS) is 10.9. The number of aromatic nitrogens is 1. The minimum Gasteiger partial charge on any atom is -0.494 e. The van der Waals surface area contributed by atoms with Crippen LogP contribution in [0.25, 0.3) is 20.8 Å². The summed E-state index contributed by atoms with van der Waals surface area (Å²) >= 11 is 1.26. The highest BCUT2D eigenvalue weighted by molar-refractivity contribution is 7.22. The van der Waals surface area contributed by atoms with Gasteiger partial charge in [-0.3, -0.25) is 4.79 Å². The van der Waals surface area contributed by atoms with Crippen LogP contribution in [0.5, 0.6) is 23.0 Å². The van der Waals surface area contributed by atoms with Crippen LogP contribution < -0.4 is 18.9 Å². The van der Waals surface area contributed by atoms with Crippen LogP contribution in [0.3, 0.4) is 0 Å². The summed E-state index contributed by atoms with van der Waals surface area (Å²) in [6, 6.07) is 25.3. The van der Waals surface area contributed by atoms with Gasteiger partial charge in [0.25, 0.3) is 0 Å². The van der Waals surface area contributed by atoms with E-state index in [4.69, 9.17) is 42.9 Å². The number of thiazole rings is 1. The van der Waals surface area contributed by atoms with E-state index in [-0.39, 0.29) is 29.8 Å². The van der Waals surface area contributed by atoms with Crippen molar-refractivity contribution >= 4 is 45.7 Å². The maximum absolute atomic E-state index is 13.4. The van der Waals surface area contributed by atoms with Crippen molar-refractivity contribution in [1.29, 1.82) is 5.26 Å². The SMILES string of the molecule is C=CC(=O)OCCCCOCC(COc1ccc(C(=O)Oc2ccc(OC(=O)c3ccc(OCCC)cc3)c3sc(-c4ccc(C#N)cc4)nc23)cc1)OC.C=CC=O. The Kier molecular flexibility index (Phi) is 18.5. The molecule has 1 atom stereocenters. The number of ether oxygens (including phenoxy) is 7. The predicted molar refractivity (Wildman–Crippen MR) is 222 cm³/mol. The highest BCUT2D eigenvalue weighted by Gasteiger charge is 2.21. The molecular formula is C45H44N2O11S. The third kappa shape index (κ3) is 14.0. The molecule has 0 saturated heterocycles. The summed E-state index contributed by atoms with van der Waals surface area (Å²) in [5, 5.41) is 9.82. The van der Waals surface area contributed by atoms with E-state index in [2.05, 4.69) is 19.2 Å². The fourth-order valence-corrected chi connectivity index (χ4v) is 6.01. The first kappa shape index (κ1) is 45.0. The smallest absolute Gasteiger partial charge is 0.343 e. The summed E-state index contributed by atoms with van der Waals surface area (Å²) in [4.78, 5) is 51.5. The van der Waals surface area contributed by atoms with E-state index in [0.29, 0.717) is 83.4 Å². The first-order chi connectivity index (χ1) is 28.7. The third-order valence-electron chi connectivity index (χ3n) is 8.05. The number of carbonyl (C=O) groups is 4. The number of fused-ring (bicyclic) bond motifs is 1. The second-order valence-electron chi connectivity index (χ2n) is 12.3.